The van der Waals surface area contributed by atoms with Crippen LogP contribution in [0.1, 0.15) is 0 Å². The van der Waals surface area contributed by atoms with Crippen molar-refractivity contribution >= 4 is 26.0 Å². The highest BCUT2D eigenvalue weighted by atomic mass is 32.2. The van der Waals surface area contributed by atoms with Crippen molar-refractivity contribution in [3.63, 3.8) is 0 Å². The first-order valence-electron chi connectivity index (χ1n) is 5.58. The van der Waals surface area contributed by atoms with E-state index in [1.807, 2.05) is 0 Å². The van der Waals surface area contributed by atoms with Crippen molar-refractivity contribution < 1.29 is 21.6 Å². The minimum absolute atomic E-state index is 0.134. The van der Waals surface area contributed by atoms with E-state index in [0.717, 1.165) is 10.6 Å². The second-order valence-electron chi connectivity index (χ2n) is 4.22. The second-order valence-corrected chi connectivity index (χ2v) is 8.09. The van der Waals surface area contributed by atoms with Gasteiger partial charge in [0.25, 0.3) is 0 Å². The number of rotatable bonds is 6. The molecule has 19 heavy (non-hydrogen) atoms. The first-order valence-corrected chi connectivity index (χ1v) is 9.08. The van der Waals surface area contributed by atoms with E-state index in [-0.39, 0.29) is 19.6 Å². The van der Waals surface area contributed by atoms with E-state index in [1.54, 1.807) is 0 Å². The Hall–Kier alpha value is -0.750. The number of nitrogens with two attached hydrogens (primary N) is 1. The van der Waals surface area contributed by atoms with Crippen LogP contribution in [0, 0.1) is 0 Å². The van der Waals surface area contributed by atoms with Crippen molar-refractivity contribution in [3.05, 3.63) is 0 Å². The molecule has 1 rings (SSSR count). The van der Waals surface area contributed by atoms with E-state index in [1.165, 1.54) is 0 Å². The summed E-state index contributed by atoms with van der Waals surface area (Å²) >= 11 is 0. The van der Waals surface area contributed by atoms with Crippen molar-refractivity contribution in [2.45, 2.75) is 6.04 Å². The minimum atomic E-state index is -3.73. The summed E-state index contributed by atoms with van der Waals surface area (Å²) in [7, 11) is -7.18. The Morgan fingerprint density at radius 2 is 2.05 bits per heavy atom. The SMILES string of the molecule is CS(=O)(=O)NCCS(=O)(=O)N1CCNCC1C(N)=O. The third kappa shape index (κ3) is 5.03. The van der Waals surface area contributed by atoms with Gasteiger partial charge in [-0.2, -0.15) is 4.31 Å². The molecule has 1 aliphatic heterocycles. The predicted octanol–water partition coefficient (Wildman–Crippen LogP) is -3.38. The van der Waals surface area contributed by atoms with Crippen molar-refractivity contribution in [3.8, 4) is 0 Å². The average Bonchev–Trinajstić information content (AvgIpc) is 2.27. The van der Waals surface area contributed by atoms with E-state index in [9.17, 15) is 21.6 Å². The highest BCUT2D eigenvalue weighted by molar-refractivity contribution is 7.89. The number of nitrogens with zero attached hydrogens (tertiary/aromatic N) is 1. The summed E-state index contributed by atoms with van der Waals surface area (Å²) in [6.45, 7) is 0.474. The lowest BCUT2D eigenvalue weighted by Crippen LogP contribution is -2.59. The zero-order valence-electron chi connectivity index (χ0n) is 10.5. The van der Waals surface area contributed by atoms with E-state index in [2.05, 4.69) is 10.0 Å². The van der Waals surface area contributed by atoms with Crippen LogP contribution in [0.2, 0.25) is 0 Å². The molecule has 0 aliphatic carbocycles. The van der Waals surface area contributed by atoms with Gasteiger partial charge in [-0.05, 0) is 0 Å². The standard InChI is InChI=1S/C8H18N4O5S2/c1-18(14,15)11-3-5-19(16,17)12-4-2-10-6-7(12)8(9)13/h7,10-11H,2-6H2,1H3,(H2,9,13). The average molecular weight is 314 g/mol. The number of carbonyl (C=O) groups excluding carboxylic acids is 1. The third-order valence-corrected chi connectivity index (χ3v) is 5.20. The summed E-state index contributed by atoms with van der Waals surface area (Å²) < 4.78 is 48.9. The lowest BCUT2D eigenvalue weighted by atomic mass is 10.2. The van der Waals surface area contributed by atoms with Crippen LogP contribution < -0.4 is 15.8 Å². The molecule has 0 spiro atoms. The predicted molar refractivity (Wildman–Crippen MR) is 69.2 cm³/mol. The molecule has 9 nitrogen and oxygen atoms in total. The second kappa shape index (κ2) is 6.13. The maximum Gasteiger partial charge on any atom is 0.237 e. The van der Waals surface area contributed by atoms with Gasteiger partial charge in [0, 0.05) is 26.2 Å². The molecule has 1 unspecified atom stereocenters. The molecule has 0 bridgehead atoms. The van der Waals surface area contributed by atoms with Crippen LogP contribution in [0.4, 0.5) is 0 Å². The first-order chi connectivity index (χ1) is 8.63. The maximum absolute atomic E-state index is 12.0. The lowest BCUT2D eigenvalue weighted by molar-refractivity contribution is -0.122. The highest BCUT2D eigenvalue weighted by Gasteiger charge is 2.35. The number of piperazine rings is 1. The molecule has 1 heterocycles. The van der Waals surface area contributed by atoms with Gasteiger partial charge in [0.2, 0.25) is 26.0 Å². The van der Waals surface area contributed by atoms with Gasteiger partial charge in [-0.15, -0.1) is 0 Å². The monoisotopic (exact) mass is 314 g/mol. The molecule has 1 amide bonds. The molecule has 11 heteroatoms. The molecule has 0 aromatic heterocycles. The summed E-state index contributed by atoms with van der Waals surface area (Å²) in [6, 6.07) is -0.933. The zero-order chi connectivity index (χ0) is 14.7. The highest BCUT2D eigenvalue weighted by Crippen LogP contribution is 2.10. The Morgan fingerprint density at radius 1 is 1.42 bits per heavy atom. The molecule has 1 fully saturated rings. The molecule has 1 saturated heterocycles. The van der Waals surface area contributed by atoms with Gasteiger partial charge in [0.15, 0.2) is 0 Å². The molecule has 0 aromatic carbocycles. The zero-order valence-corrected chi connectivity index (χ0v) is 12.1. The van der Waals surface area contributed by atoms with Crippen LogP contribution in [0.25, 0.3) is 0 Å². The Kier molecular flexibility index (Phi) is 5.26. The smallest absolute Gasteiger partial charge is 0.237 e. The maximum atomic E-state index is 12.0. The van der Waals surface area contributed by atoms with Gasteiger partial charge in [0.1, 0.15) is 6.04 Å². The quantitative estimate of drug-likeness (QED) is 0.467. The van der Waals surface area contributed by atoms with Crippen LogP contribution in [0.5, 0.6) is 0 Å². The van der Waals surface area contributed by atoms with Crippen LogP contribution in [-0.2, 0) is 24.8 Å². The van der Waals surface area contributed by atoms with Crippen LogP contribution in [0.3, 0.4) is 0 Å². The molecule has 112 valence electrons. The Bertz CT molecular complexity index is 529. The van der Waals surface area contributed by atoms with E-state index in [4.69, 9.17) is 5.73 Å². The van der Waals surface area contributed by atoms with Gasteiger partial charge in [-0.1, -0.05) is 0 Å². The molecule has 4 N–H and O–H groups in total. The minimum Gasteiger partial charge on any atom is -0.368 e. The van der Waals surface area contributed by atoms with Crippen LogP contribution in [-0.4, -0.2) is 71.3 Å². The van der Waals surface area contributed by atoms with E-state index < -0.39 is 37.7 Å². The van der Waals surface area contributed by atoms with Crippen molar-refractivity contribution in [2.24, 2.45) is 5.73 Å². The Balaban J connectivity index is 2.72. The van der Waals surface area contributed by atoms with E-state index >= 15 is 0 Å². The molecule has 1 atom stereocenters. The van der Waals surface area contributed by atoms with Crippen molar-refractivity contribution in [2.75, 3.05) is 38.2 Å². The summed E-state index contributed by atoms with van der Waals surface area (Å²) in [5.74, 6) is -1.14. The molecule has 0 saturated carbocycles. The van der Waals surface area contributed by atoms with Crippen LogP contribution >= 0.6 is 0 Å². The Labute approximate surface area is 112 Å². The largest absolute Gasteiger partial charge is 0.368 e. The Morgan fingerprint density at radius 3 is 2.58 bits per heavy atom. The third-order valence-electron chi connectivity index (χ3n) is 2.60. The molecule has 1 aliphatic rings. The van der Waals surface area contributed by atoms with Gasteiger partial charge in [0.05, 0.1) is 12.0 Å². The summed E-state index contributed by atoms with van der Waals surface area (Å²) in [5.41, 5.74) is 5.16. The summed E-state index contributed by atoms with van der Waals surface area (Å²) in [4.78, 5) is 11.2. The summed E-state index contributed by atoms with van der Waals surface area (Å²) in [6.07, 6.45) is 0.941. The van der Waals surface area contributed by atoms with Crippen molar-refractivity contribution in [1.82, 2.24) is 14.3 Å². The fourth-order valence-electron chi connectivity index (χ4n) is 1.73. The number of carbonyl (C=O) groups is 1. The molecular formula is C8H18N4O5S2. The number of amides is 1. The van der Waals surface area contributed by atoms with E-state index in [0.29, 0.717) is 6.54 Å². The van der Waals surface area contributed by atoms with Gasteiger partial charge in [-0.3, -0.25) is 4.79 Å². The van der Waals surface area contributed by atoms with Gasteiger partial charge < -0.3 is 11.1 Å². The fourth-order valence-corrected chi connectivity index (χ4v) is 3.87. The fraction of sp³-hybridized carbons (Fsp3) is 0.875. The van der Waals surface area contributed by atoms with Crippen molar-refractivity contribution in [1.29, 1.82) is 0 Å². The first kappa shape index (κ1) is 16.3. The molecule has 0 aromatic rings. The number of primary amides is 1. The van der Waals surface area contributed by atoms with Gasteiger partial charge >= 0.3 is 0 Å². The van der Waals surface area contributed by atoms with Gasteiger partial charge in [-0.25, -0.2) is 21.6 Å². The lowest BCUT2D eigenvalue weighted by Gasteiger charge is -2.33. The molecular weight excluding hydrogens is 296 g/mol. The number of sulfonamides is 2. The summed E-state index contributed by atoms with van der Waals surface area (Å²) in [5, 5.41) is 2.88. The number of hydrogen-bond donors (Lipinski definition) is 3. The topological polar surface area (TPSA) is 139 Å². The molecule has 0 radical (unpaired) electrons. The van der Waals surface area contributed by atoms with Crippen LogP contribution in [0.15, 0.2) is 0 Å². The number of nitrogens with one attached hydrogen (secondary N) is 2. The number of hydrogen-bond acceptors (Lipinski definition) is 6. The normalized spacial score (nSPS) is 22.3.